The van der Waals surface area contributed by atoms with Gasteiger partial charge in [-0.3, -0.25) is 9.69 Å². The van der Waals surface area contributed by atoms with Gasteiger partial charge in [0.1, 0.15) is 0 Å². The van der Waals surface area contributed by atoms with Crippen molar-refractivity contribution in [3.63, 3.8) is 0 Å². The summed E-state index contributed by atoms with van der Waals surface area (Å²) in [5, 5.41) is 3.02. The highest BCUT2D eigenvalue weighted by molar-refractivity contribution is 5.92. The number of anilines is 2. The second kappa shape index (κ2) is 9.56. The molecule has 1 heterocycles. The third-order valence-electron chi connectivity index (χ3n) is 4.32. The lowest BCUT2D eigenvalue weighted by Crippen LogP contribution is -2.34. The van der Waals surface area contributed by atoms with Gasteiger partial charge in [-0.25, -0.2) is 0 Å². The maximum Gasteiger partial charge on any atom is 0.238 e. The standard InChI is InChI=1S/C19H31N3O/c1-3-12-21(13-4-2)16-19(23)20-17-8-10-18(11-9-17)22-14-6-5-7-15-22/h8-11H,3-7,12-16H2,1-2H3,(H,20,23). The fourth-order valence-electron chi connectivity index (χ4n) is 3.21. The number of nitrogens with one attached hydrogen (secondary N) is 1. The van der Waals surface area contributed by atoms with Gasteiger partial charge in [0.25, 0.3) is 0 Å². The SMILES string of the molecule is CCCN(CCC)CC(=O)Nc1ccc(N2CCCCC2)cc1. The summed E-state index contributed by atoms with van der Waals surface area (Å²) in [6, 6.07) is 8.28. The lowest BCUT2D eigenvalue weighted by molar-refractivity contribution is -0.117. The van der Waals surface area contributed by atoms with Gasteiger partial charge in [0.15, 0.2) is 0 Å². The number of nitrogens with zero attached hydrogens (tertiary/aromatic N) is 2. The fraction of sp³-hybridized carbons (Fsp3) is 0.632. The lowest BCUT2D eigenvalue weighted by atomic mass is 10.1. The van der Waals surface area contributed by atoms with Crippen molar-refractivity contribution in [2.75, 3.05) is 42.9 Å². The molecule has 1 fully saturated rings. The molecule has 0 radical (unpaired) electrons. The normalized spacial score (nSPS) is 15.0. The molecule has 2 rings (SSSR count). The number of carbonyl (C=O) groups is 1. The summed E-state index contributed by atoms with van der Waals surface area (Å²) in [5.41, 5.74) is 2.16. The quantitative estimate of drug-likeness (QED) is 0.793. The first-order chi connectivity index (χ1) is 11.2. The number of piperidine rings is 1. The summed E-state index contributed by atoms with van der Waals surface area (Å²) in [5.74, 6) is 0.0811. The van der Waals surface area contributed by atoms with Crippen molar-refractivity contribution in [3.05, 3.63) is 24.3 Å². The van der Waals surface area contributed by atoms with Crippen molar-refractivity contribution in [2.24, 2.45) is 0 Å². The molecule has 4 heteroatoms. The van der Waals surface area contributed by atoms with Crippen LogP contribution in [0, 0.1) is 0 Å². The minimum absolute atomic E-state index is 0.0811. The average Bonchev–Trinajstić information content (AvgIpc) is 2.57. The predicted octanol–water partition coefficient (Wildman–Crippen LogP) is 3.74. The van der Waals surface area contributed by atoms with Crippen LogP contribution in [-0.2, 0) is 4.79 Å². The number of rotatable bonds is 8. The van der Waals surface area contributed by atoms with Crippen LogP contribution in [-0.4, -0.2) is 43.5 Å². The van der Waals surface area contributed by atoms with E-state index in [0.29, 0.717) is 6.54 Å². The first kappa shape index (κ1) is 17.8. The summed E-state index contributed by atoms with van der Waals surface area (Å²) in [7, 11) is 0. The molecule has 0 atom stereocenters. The van der Waals surface area contributed by atoms with Crippen molar-refractivity contribution in [1.29, 1.82) is 0 Å². The van der Waals surface area contributed by atoms with Crippen LogP contribution in [0.1, 0.15) is 46.0 Å². The van der Waals surface area contributed by atoms with E-state index < -0.39 is 0 Å². The van der Waals surface area contributed by atoms with Gasteiger partial charge in [-0.15, -0.1) is 0 Å². The molecule has 4 nitrogen and oxygen atoms in total. The molecule has 0 unspecified atom stereocenters. The Hall–Kier alpha value is -1.55. The van der Waals surface area contributed by atoms with Crippen LogP contribution in [0.2, 0.25) is 0 Å². The third kappa shape index (κ3) is 5.87. The molecule has 1 aromatic carbocycles. The molecule has 0 saturated carbocycles. The van der Waals surface area contributed by atoms with E-state index in [9.17, 15) is 4.79 Å². The number of benzene rings is 1. The fourth-order valence-corrected chi connectivity index (χ4v) is 3.21. The summed E-state index contributed by atoms with van der Waals surface area (Å²) in [6.45, 7) is 9.04. The van der Waals surface area contributed by atoms with E-state index in [2.05, 4.69) is 41.1 Å². The Morgan fingerprint density at radius 1 is 1.04 bits per heavy atom. The Balaban J connectivity index is 1.85. The van der Waals surface area contributed by atoms with Gasteiger partial charge in [-0.1, -0.05) is 13.8 Å². The van der Waals surface area contributed by atoms with Crippen LogP contribution in [0.25, 0.3) is 0 Å². The van der Waals surface area contributed by atoms with E-state index in [4.69, 9.17) is 0 Å². The van der Waals surface area contributed by atoms with E-state index in [1.54, 1.807) is 0 Å². The first-order valence-corrected chi connectivity index (χ1v) is 9.10. The van der Waals surface area contributed by atoms with Gasteiger partial charge in [-0.2, -0.15) is 0 Å². The number of carbonyl (C=O) groups excluding carboxylic acids is 1. The lowest BCUT2D eigenvalue weighted by Gasteiger charge is -2.28. The van der Waals surface area contributed by atoms with E-state index in [-0.39, 0.29) is 5.91 Å². The molecule has 0 spiro atoms. The van der Waals surface area contributed by atoms with E-state index in [1.165, 1.54) is 24.9 Å². The molecule has 1 aliphatic rings. The Morgan fingerprint density at radius 2 is 1.65 bits per heavy atom. The second-order valence-electron chi connectivity index (χ2n) is 6.42. The Bertz CT molecular complexity index is 460. The monoisotopic (exact) mass is 317 g/mol. The van der Waals surface area contributed by atoms with Crippen LogP contribution >= 0.6 is 0 Å². The highest BCUT2D eigenvalue weighted by atomic mass is 16.2. The molecule has 0 aliphatic carbocycles. The average molecular weight is 317 g/mol. The number of hydrogen-bond acceptors (Lipinski definition) is 3. The molecule has 1 amide bonds. The smallest absolute Gasteiger partial charge is 0.238 e. The summed E-state index contributed by atoms with van der Waals surface area (Å²) in [4.78, 5) is 16.8. The Kier molecular flexibility index (Phi) is 7.40. The van der Waals surface area contributed by atoms with E-state index >= 15 is 0 Å². The van der Waals surface area contributed by atoms with E-state index in [1.807, 2.05) is 12.1 Å². The molecule has 128 valence electrons. The molecular weight excluding hydrogens is 286 g/mol. The molecule has 1 aromatic rings. The zero-order valence-corrected chi connectivity index (χ0v) is 14.7. The Labute approximate surface area is 140 Å². The van der Waals surface area contributed by atoms with Crippen molar-refractivity contribution in [3.8, 4) is 0 Å². The molecule has 1 aliphatic heterocycles. The van der Waals surface area contributed by atoms with Crippen LogP contribution in [0.3, 0.4) is 0 Å². The summed E-state index contributed by atoms with van der Waals surface area (Å²) < 4.78 is 0. The molecule has 1 saturated heterocycles. The topological polar surface area (TPSA) is 35.6 Å². The summed E-state index contributed by atoms with van der Waals surface area (Å²) in [6.07, 6.45) is 6.07. The Morgan fingerprint density at radius 3 is 2.22 bits per heavy atom. The van der Waals surface area contributed by atoms with Crippen molar-refractivity contribution in [1.82, 2.24) is 4.90 Å². The molecule has 0 aromatic heterocycles. The van der Waals surface area contributed by atoms with Gasteiger partial charge in [-0.05, 0) is 69.5 Å². The minimum Gasteiger partial charge on any atom is -0.372 e. The van der Waals surface area contributed by atoms with Gasteiger partial charge < -0.3 is 10.2 Å². The maximum absolute atomic E-state index is 12.2. The number of amides is 1. The highest BCUT2D eigenvalue weighted by Gasteiger charge is 2.12. The molecule has 1 N–H and O–H groups in total. The zero-order valence-electron chi connectivity index (χ0n) is 14.7. The molecule has 23 heavy (non-hydrogen) atoms. The van der Waals surface area contributed by atoms with Crippen molar-refractivity contribution >= 4 is 17.3 Å². The van der Waals surface area contributed by atoms with Gasteiger partial charge in [0.05, 0.1) is 6.54 Å². The largest absolute Gasteiger partial charge is 0.372 e. The predicted molar refractivity (Wildman–Crippen MR) is 98.2 cm³/mol. The van der Waals surface area contributed by atoms with Crippen LogP contribution < -0.4 is 10.2 Å². The maximum atomic E-state index is 12.2. The van der Waals surface area contributed by atoms with Crippen molar-refractivity contribution in [2.45, 2.75) is 46.0 Å². The molecule has 0 bridgehead atoms. The number of hydrogen-bond donors (Lipinski definition) is 1. The minimum atomic E-state index is 0.0811. The highest BCUT2D eigenvalue weighted by Crippen LogP contribution is 2.21. The van der Waals surface area contributed by atoms with Crippen LogP contribution in [0.5, 0.6) is 0 Å². The van der Waals surface area contributed by atoms with Crippen molar-refractivity contribution < 1.29 is 4.79 Å². The van der Waals surface area contributed by atoms with Gasteiger partial charge in [0, 0.05) is 24.5 Å². The van der Waals surface area contributed by atoms with Gasteiger partial charge >= 0.3 is 0 Å². The third-order valence-corrected chi connectivity index (χ3v) is 4.32. The molecular formula is C19H31N3O. The van der Waals surface area contributed by atoms with Crippen LogP contribution in [0.4, 0.5) is 11.4 Å². The zero-order chi connectivity index (χ0) is 16.5. The second-order valence-corrected chi connectivity index (χ2v) is 6.42. The first-order valence-electron chi connectivity index (χ1n) is 9.10. The van der Waals surface area contributed by atoms with E-state index in [0.717, 1.165) is 44.7 Å². The van der Waals surface area contributed by atoms with Crippen LogP contribution in [0.15, 0.2) is 24.3 Å². The van der Waals surface area contributed by atoms with Gasteiger partial charge in [0.2, 0.25) is 5.91 Å². The summed E-state index contributed by atoms with van der Waals surface area (Å²) >= 11 is 0.